The third-order valence-corrected chi connectivity index (χ3v) is 6.46. The summed E-state index contributed by atoms with van der Waals surface area (Å²) in [6, 6.07) is 8.50. The van der Waals surface area contributed by atoms with Crippen molar-refractivity contribution in [3.63, 3.8) is 0 Å². The van der Waals surface area contributed by atoms with Crippen molar-refractivity contribution in [2.45, 2.75) is 52.0 Å². The lowest BCUT2D eigenvalue weighted by atomic mass is 9.60. The predicted octanol–water partition coefficient (Wildman–Crippen LogP) is 5.23. The summed E-state index contributed by atoms with van der Waals surface area (Å²) in [4.78, 5) is 11.3. The van der Waals surface area contributed by atoms with Gasteiger partial charge in [-0.1, -0.05) is 76.6 Å². The number of halogens is 1. The first-order valence-corrected chi connectivity index (χ1v) is 9.76. The van der Waals surface area contributed by atoms with Crippen molar-refractivity contribution in [2.24, 2.45) is 11.3 Å². The van der Waals surface area contributed by atoms with Gasteiger partial charge in [0.1, 0.15) is 0 Å². The number of amides is 1. The van der Waals surface area contributed by atoms with Gasteiger partial charge in [-0.2, -0.15) is 0 Å². The second-order valence-electron chi connectivity index (χ2n) is 7.54. The Morgan fingerprint density at radius 1 is 1.33 bits per heavy atom. The van der Waals surface area contributed by atoms with E-state index in [1.54, 1.807) is 0 Å². The van der Waals surface area contributed by atoms with Crippen LogP contribution in [-0.4, -0.2) is 12.5 Å². The molecule has 0 radical (unpaired) electrons. The van der Waals surface area contributed by atoms with Gasteiger partial charge in [-0.15, -0.1) is 0 Å². The van der Waals surface area contributed by atoms with Crippen LogP contribution in [0.1, 0.15) is 46.1 Å². The Morgan fingerprint density at radius 2 is 2.04 bits per heavy atom. The van der Waals surface area contributed by atoms with Crippen molar-refractivity contribution in [3.8, 4) is 0 Å². The van der Waals surface area contributed by atoms with Crippen LogP contribution in [0.4, 0.5) is 0 Å². The number of carbonyl (C=O) groups is 1. The zero-order valence-corrected chi connectivity index (χ0v) is 17.2. The van der Waals surface area contributed by atoms with E-state index in [0.29, 0.717) is 5.92 Å². The van der Waals surface area contributed by atoms with Crippen molar-refractivity contribution in [3.05, 3.63) is 57.7 Å². The molecule has 0 spiro atoms. The minimum atomic E-state index is -0.222. The van der Waals surface area contributed by atoms with Gasteiger partial charge in [0.2, 0.25) is 6.41 Å². The quantitative estimate of drug-likeness (QED) is 0.459. The van der Waals surface area contributed by atoms with Gasteiger partial charge in [-0.25, -0.2) is 0 Å². The number of allylic oxidation sites excluding steroid dienone is 2. The van der Waals surface area contributed by atoms with E-state index in [1.807, 2.05) is 6.08 Å². The zero-order valence-electron chi connectivity index (χ0n) is 15.1. The van der Waals surface area contributed by atoms with Crippen LogP contribution in [0.3, 0.4) is 0 Å². The van der Waals surface area contributed by atoms with Gasteiger partial charge in [-0.05, 0) is 52.0 Å². The second kappa shape index (κ2) is 7.85. The van der Waals surface area contributed by atoms with Gasteiger partial charge >= 0.3 is 0 Å². The Balaban J connectivity index is 2.57. The van der Waals surface area contributed by atoms with Gasteiger partial charge in [0.05, 0.1) is 6.04 Å². The van der Waals surface area contributed by atoms with Crippen molar-refractivity contribution >= 4 is 29.0 Å². The van der Waals surface area contributed by atoms with Crippen LogP contribution in [0.2, 0.25) is 0 Å². The average Bonchev–Trinajstić information content (AvgIpc) is 2.56. The lowest BCUT2D eigenvalue weighted by Crippen LogP contribution is -2.52. The smallest absolute Gasteiger partial charge is 0.207 e. The Kier molecular flexibility index (Phi) is 6.29. The maximum Gasteiger partial charge on any atom is 0.207 e. The Hall–Kier alpha value is -1.10. The molecule has 1 amide bonds. The molecule has 0 bridgehead atoms. The topological polar surface area (TPSA) is 29.1 Å². The number of hydrogen-bond donors (Lipinski definition) is 1. The van der Waals surface area contributed by atoms with Crippen molar-refractivity contribution in [2.75, 3.05) is 0 Å². The van der Waals surface area contributed by atoms with E-state index in [9.17, 15) is 4.79 Å². The van der Waals surface area contributed by atoms with E-state index in [4.69, 9.17) is 0 Å². The number of benzene rings is 1. The summed E-state index contributed by atoms with van der Waals surface area (Å²) in [5, 5.41) is 3.06. The second-order valence-corrected chi connectivity index (χ2v) is 8.70. The highest BCUT2D eigenvalue weighted by Crippen LogP contribution is 2.46. The molecule has 2 rings (SSSR count). The maximum atomic E-state index is 11.3. The van der Waals surface area contributed by atoms with E-state index in [1.165, 1.54) is 9.13 Å². The lowest BCUT2D eigenvalue weighted by Gasteiger charge is -2.46. The summed E-state index contributed by atoms with van der Waals surface area (Å²) < 4.78 is 1.24. The minimum absolute atomic E-state index is 0.0291. The van der Waals surface area contributed by atoms with Crippen LogP contribution in [0.25, 0.3) is 0 Å². The molecule has 130 valence electrons. The minimum Gasteiger partial charge on any atom is -0.351 e. The van der Waals surface area contributed by atoms with Crippen molar-refractivity contribution < 1.29 is 4.79 Å². The standard InChI is InChI=1S/C21H28INO/c1-5-20(3,4)14-16(2)21(17-10-6-7-11-18(17)22)13-9-8-12-19(21)23-15-24/h6-13,15-16,19H,5,14H2,1-4H3,(H,23,24). The monoisotopic (exact) mass is 437 g/mol. The molecule has 1 aliphatic rings. The average molecular weight is 437 g/mol. The van der Waals surface area contributed by atoms with Crippen LogP contribution < -0.4 is 5.32 Å². The Labute approximate surface area is 159 Å². The van der Waals surface area contributed by atoms with E-state index in [-0.39, 0.29) is 16.9 Å². The Morgan fingerprint density at radius 3 is 2.67 bits per heavy atom. The Bertz CT molecular complexity index is 634. The summed E-state index contributed by atoms with van der Waals surface area (Å²) in [6.07, 6.45) is 11.6. The molecule has 0 saturated carbocycles. The molecule has 3 unspecified atom stereocenters. The summed E-state index contributed by atoms with van der Waals surface area (Å²) in [5.74, 6) is 0.391. The molecule has 0 aromatic heterocycles. The fourth-order valence-electron chi connectivity index (χ4n) is 3.87. The molecule has 3 heteroatoms. The summed E-state index contributed by atoms with van der Waals surface area (Å²) in [5.41, 5.74) is 1.35. The van der Waals surface area contributed by atoms with Crippen LogP contribution >= 0.6 is 22.6 Å². The largest absolute Gasteiger partial charge is 0.351 e. The molecule has 1 aliphatic carbocycles. The fraction of sp³-hybridized carbons (Fsp3) is 0.476. The highest BCUT2D eigenvalue weighted by Gasteiger charge is 2.45. The molecule has 0 heterocycles. The molecule has 24 heavy (non-hydrogen) atoms. The third kappa shape index (κ3) is 3.76. The van der Waals surface area contributed by atoms with E-state index >= 15 is 0 Å². The highest BCUT2D eigenvalue weighted by molar-refractivity contribution is 14.1. The molecule has 1 N–H and O–H groups in total. The number of carbonyl (C=O) groups excluding carboxylic acids is 1. The van der Waals surface area contributed by atoms with Gasteiger partial charge in [0.25, 0.3) is 0 Å². The maximum absolute atomic E-state index is 11.3. The molecule has 1 aromatic carbocycles. The van der Waals surface area contributed by atoms with Crippen molar-refractivity contribution in [1.29, 1.82) is 0 Å². The summed E-state index contributed by atoms with van der Waals surface area (Å²) in [7, 11) is 0. The molecular formula is C21H28INO. The molecule has 3 atom stereocenters. The van der Waals surface area contributed by atoms with E-state index in [2.05, 4.69) is 98.1 Å². The number of hydrogen-bond acceptors (Lipinski definition) is 1. The van der Waals surface area contributed by atoms with Gasteiger partial charge in [0.15, 0.2) is 0 Å². The zero-order chi connectivity index (χ0) is 17.8. The SMILES string of the molecule is CCC(C)(C)CC(C)C1(c2ccccc2I)C=CC=CC1NC=O. The van der Waals surface area contributed by atoms with Gasteiger partial charge in [0, 0.05) is 8.99 Å². The third-order valence-electron chi connectivity index (χ3n) is 5.52. The molecule has 0 fully saturated rings. The van der Waals surface area contributed by atoms with Crippen LogP contribution in [-0.2, 0) is 10.2 Å². The molecule has 1 aromatic rings. The molecule has 0 aliphatic heterocycles. The first kappa shape index (κ1) is 19.2. The number of nitrogens with one attached hydrogen (secondary N) is 1. The summed E-state index contributed by atoms with van der Waals surface area (Å²) in [6.45, 7) is 9.24. The lowest BCUT2D eigenvalue weighted by molar-refractivity contribution is -0.110. The molecule has 0 saturated heterocycles. The first-order valence-electron chi connectivity index (χ1n) is 8.68. The van der Waals surface area contributed by atoms with E-state index in [0.717, 1.165) is 19.3 Å². The van der Waals surface area contributed by atoms with Crippen LogP contribution in [0.15, 0.2) is 48.6 Å². The highest BCUT2D eigenvalue weighted by atomic mass is 127. The van der Waals surface area contributed by atoms with Crippen molar-refractivity contribution in [1.82, 2.24) is 5.32 Å². The fourth-order valence-corrected chi connectivity index (χ4v) is 4.72. The first-order chi connectivity index (χ1) is 11.4. The van der Waals surface area contributed by atoms with Crippen LogP contribution in [0.5, 0.6) is 0 Å². The molecular weight excluding hydrogens is 409 g/mol. The predicted molar refractivity (Wildman–Crippen MR) is 110 cm³/mol. The van der Waals surface area contributed by atoms with Gasteiger partial charge < -0.3 is 5.32 Å². The van der Waals surface area contributed by atoms with Crippen LogP contribution in [0, 0.1) is 14.9 Å². The normalized spacial score (nSPS) is 24.6. The number of rotatable bonds is 7. The molecule has 2 nitrogen and oxygen atoms in total. The van der Waals surface area contributed by atoms with E-state index < -0.39 is 0 Å². The van der Waals surface area contributed by atoms with Gasteiger partial charge in [-0.3, -0.25) is 4.79 Å². The summed E-state index contributed by atoms with van der Waals surface area (Å²) >= 11 is 2.42.